The van der Waals surface area contributed by atoms with Crippen molar-refractivity contribution in [3.05, 3.63) is 33.8 Å². The van der Waals surface area contributed by atoms with Crippen LogP contribution in [0.2, 0.25) is 5.02 Å². The van der Waals surface area contributed by atoms with Gasteiger partial charge in [-0.1, -0.05) is 11.6 Å². The summed E-state index contributed by atoms with van der Waals surface area (Å²) in [5.74, 6) is -0.346. The molecule has 0 saturated carbocycles. The minimum Gasteiger partial charge on any atom is -0.496 e. The van der Waals surface area contributed by atoms with E-state index in [-0.39, 0.29) is 22.4 Å². The molecule has 1 aromatic carbocycles. The van der Waals surface area contributed by atoms with E-state index < -0.39 is 0 Å². The summed E-state index contributed by atoms with van der Waals surface area (Å²) in [6.07, 6.45) is 0. The van der Waals surface area contributed by atoms with E-state index in [0.717, 1.165) is 5.69 Å². The summed E-state index contributed by atoms with van der Waals surface area (Å²) in [4.78, 5) is 27.6. The lowest BCUT2D eigenvalue weighted by atomic mass is 10.1. The molecule has 0 unspecified atom stereocenters. The predicted octanol–water partition coefficient (Wildman–Crippen LogP) is 3.32. The molecule has 0 aliphatic rings. The second-order valence-electron chi connectivity index (χ2n) is 4.46. The van der Waals surface area contributed by atoms with E-state index in [2.05, 4.69) is 15.6 Å². The summed E-state index contributed by atoms with van der Waals surface area (Å²) in [7, 11) is 1.44. The van der Waals surface area contributed by atoms with Gasteiger partial charge in [0.1, 0.15) is 5.75 Å². The van der Waals surface area contributed by atoms with E-state index in [1.54, 1.807) is 0 Å². The van der Waals surface area contributed by atoms with Crippen molar-refractivity contribution < 1.29 is 14.3 Å². The first-order valence-corrected chi connectivity index (χ1v) is 7.55. The third-order valence-corrected chi connectivity index (χ3v) is 3.87. The fourth-order valence-corrected chi connectivity index (χ4v) is 2.66. The Hall–Kier alpha value is -2.12. The summed E-state index contributed by atoms with van der Waals surface area (Å²) in [5.41, 5.74) is 1.47. The maximum Gasteiger partial charge on any atom is 0.261 e. The number of carbonyl (C=O) groups excluding carboxylic acids is 2. The molecule has 0 bridgehead atoms. The minimum absolute atomic E-state index is 0.247. The van der Waals surface area contributed by atoms with Crippen molar-refractivity contribution in [2.24, 2.45) is 0 Å². The number of methoxy groups -OCH3 is 1. The van der Waals surface area contributed by atoms with Crippen molar-refractivity contribution in [3.63, 3.8) is 0 Å². The average molecular weight is 340 g/mol. The Bertz CT molecular complexity index is 730. The van der Waals surface area contributed by atoms with Crippen molar-refractivity contribution in [2.45, 2.75) is 13.8 Å². The Morgan fingerprint density at radius 1 is 1.32 bits per heavy atom. The van der Waals surface area contributed by atoms with Crippen LogP contribution in [-0.2, 0) is 4.79 Å². The van der Waals surface area contributed by atoms with Crippen LogP contribution < -0.4 is 15.4 Å². The molecule has 1 aromatic heterocycles. The van der Waals surface area contributed by atoms with Gasteiger partial charge in [-0.15, -0.1) is 11.3 Å². The number of rotatable bonds is 4. The quantitative estimate of drug-likeness (QED) is 0.895. The number of anilines is 2. The molecule has 0 aliphatic carbocycles. The van der Waals surface area contributed by atoms with Crippen LogP contribution in [0.4, 0.5) is 10.8 Å². The molecule has 0 atom stereocenters. The normalized spacial score (nSPS) is 10.2. The van der Waals surface area contributed by atoms with Crippen LogP contribution in [0.15, 0.2) is 17.5 Å². The van der Waals surface area contributed by atoms with Gasteiger partial charge < -0.3 is 10.1 Å². The highest BCUT2D eigenvalue weighted by Gasteiger charge is 2.17. The summed E-state index contributed by atoms with van der Waals surface area (Å²) >= 11 is 7.42. The Morgan fingerprint density at radius 3 is 2.59 bits per heavy atom. The van der Waals surface area contributed by atoms with Gasteiger partial charge in [0.15, 0.2) is 5.13 Å². The molecule has 2 N–H and O–H groups in total. The largest absolute Gasteiger partial charge is 0.496 e. The van der Waals surface area contributed by atoms with Gasteiger partial charge in [0.25, 0.3) is 5.91 Å². The van der Waals surface area contributed by atoms with Gasteiger partial charge in [0, 0.05) is 18.4 Å². The molecule has 116 valence electrons. The van der Waals surface area contributed by atoms with Crippen LogP contribution in [0.25, 0.3) is 0 Å². The Morgan fingerprint density at radius 2 is 2.05 bits per heavy atom. The third-order valence-electron chi connectivity index (χ3n) is 2.68. The molecule has 2 amide bonds. The van der Waals surface area contributed by atoms with Gasteiger partial charge in [0.05, 0.1) is 29.1 Å². The molecular weight excluding hydrogens is 326 g/mol. The van der Waals surface area contributed by atoms with E-state index in [4.69, 9.17) is 16.3 Å². The number of nitrogens with zero attached hydrogens (tertiary/aromatic N) is 1. The molecule has 0 aliphatic heterocycles. The number of aromatic nitrogens is 1. The average Bonchev–Trinajstić information content (AvgIpc) is 2.85. The maximum absolute atomic E-state index is 12.3. The maximum atomic E-state index is 12.3. The van der Waals surface area contributed by atoms with Crippen molar-refractivity contribution in [1.29, 1.82) is 0 Å². The van der Waals surface area contributed by atoms with Gasteiger partial charge in [0.2, 0.25) is 5.91 Å². The van der Waals surface area contributed by atoms with E-state index in [9.17, 15) is 9.59 Å². The number of amides is 2. The van der Waals surface area contributed by atoms with Crippen LogP contribution >= 0.6 is 22.9 Å². The Balaban J connectivity index is 2.31. The second kappa shape index (κ2) is 6.76. The van der Waals surface area contributed by atoms with E-state index in [1.165, 1.54) is 37.5 Å². The molecule has 2 rings (SSSR count). The molecule has 0 radical (unpaired) electrons. The highest BCUT2D eigenvalue weighted by Crippen LogP contribution is 2.31. The van der Waals surface area contributed by atoms with Crippen molar-refractivity contribution in [3.8, 4) is 5.75 Å². The standard InChI is InChI=1S/C14H14ClN3O3S/c1-7-6-22-14(16-7)18-13(20)9-4-10(15)11(17-8(2)19)5-12(9)21-3/h4-6H,1-3H3,(H,17,19)(H,16,18,20). The molecule has 0 spiro atoms. The summed E-state index contributed by atoms with van der Waals surface area (Å²) in [6, 6.07) is 2.95. The number of hydrogen-bond acceptors (Lipinski definition) is 5. The monoisotopic (exact) mass is 339 g/mol. The number of halogens is 1. The van der Waals surface area contributed by atoms with Crippen molar-refractivity contribution >= 4 is 45.6 Å². The van der Waals surface area contributed by atoms with Crippen molar-refractivity contribution in [1.82, 2.24) is 4.98 Å². The summed E-state index contributed by atoms with van der Waals surface area (Å²) in [5, 5.41) is 7.83. The number of ether oxygens (including phenoxy) is 1. The van der Waals surface area contributed by atoms with Crippen LogP contribution in [0.1, 0.15) is 23.0 Å². The van der Waals surface area contributed by atoms with Gasteiger partial charge in [-0.3, -0.25) is 14.9 Å². The smallest absolute Gasteiger partial charge is 0.261 e. The lowest BCUT2D eigenvalue weighted by Crippen LogP contribution is -2.14. The molecular formula is C14H14ClN3O3S. The van der Waals surface area contributed by atoms with Crippen LogP contribution in [0, 0.1) is 6.92 Å². The van der Waals surface area contributed by atoms with Gasteiger partial charge in [-0.25, -0.2) is 4.98 Å². The number of carbonyl (C=O) groups is 2. The number of nitrogens with one attached hydrogen (secondary N) is 2. The number of hydrogen-bond donors (Lipinski definition) is 2. The molecule has 2 aromatic rings. The Kier molecular flexibility index (Phi) is 4.99. The van der Waals surface area contributed by atoms with Gasteiger partial charge in [-0.2, -0.15) is 0 Å². The van der Waals surface area contributed by atoms with Crippen molar-refractivity contribution in [2.75, 3.05) is 17.7 Å². The van der Waals surface area contributed by atoms with E-state index in [1.807, 2.05) is 12.3 Å². The van der Waals surface area contributed by atoms with Crippen LogP contribution in [-0.4, -0.2) is 23.9 Å². The first-order chi connectivity index (χ1) is 10.4. The lowest BCUT2D eigenvalue weighted by molar-refractivity contribution is -0.114. The zero-order valence-electron chi connectivity index (χ0n) is 12.2. The van der Waals surface area contributed by atoms with Gasteiger partial charge in [-0.05, 0) is 13.0 Å². The zero-order valence-corrected chi connectivity index (χ0v) is 13.8. The Labute approximate surface area is 136 Å². The summed E-state index contributed by atoms with van der Waals surface area (Å²) in [6.45, 7) is 3.21. The van der Waals surface area contributed by atoms with E-state index >= 15 is 0 Å². The molecule has 8 heteroatoms. The first-order valence-electron chi connectivity index (χ1n) is 6.29. The molecule has 0 saturated heterocycles. The van der Waals surface area contributed by atoms with Crippen LogP contribution in [0.3, 0.4) is 0 Å². The zero-order chi connectivity index (χ0) is 16.3. The summed E-state index contributed by atoms with van der Waals surface area (Å²) < 4.78 is 5.20. The van der Waals surface area contributed by atoms with Crippen LogP contribution in [0.5, 0.6) is 5.75 Å². The number of aryl methyl sites for hydroxylation is 1. The fraction of sp³-hybridized carbons (Fsp3) is 0.214. The first kappa shape index (κ1) is 16.3. The van der Waals surface area contributed by atoms with E-state index in [0.29, 0.717) is 16.6 Å². The fourth-order valence-electron chi connectivity index (χ4n) is 1.76. The molecule has 6 nitrogen and oxygen atoms in total. The highest BCUT2D eigenvalue weighted by molar-refractivity contribution is 7.13. The highest BCUT2D eigenvalue weighted by atomic mass is 35.5. The SMILES string of the molecule is COc1cc(NC(C)=O)c(Cl)cc1C(=O)Nc1nc(C)cs1. The van der Waals surface area contributed by atoms with Gasteiger partial charge >= 0.3 is 0 Å². The number of benzene rings is 1. The topological polar surface area (TPSA) is 80.3 Å². The predicted molar refractivity (Wildman–Crippen MR) is 87.1 cm³/mol. The molecule has 22 heavy (non-hydrogen) atoms. The second-order valence-corrected chi connectivity index (χ2v) is 5.73. The number of thiazole rings is 1. The third kappa shape index (κ3) is 3.75. The lowest BCUT2D eigenvalue weighted by Gasteiger charge is -2.12. The molecule has 1 heterocycles. The minimum atomic E-state index is -0.387. The molecule has 0 fully saturated rings.